The third-order valence-electron chi connectivity index (χ3n) is 4.79. The third-order valence-corrected chi connectivity index (χ3v) is 5.16. The zero-order chi connectivity index (χ0) is 19.8. The van der Waals surface area contributed by atoms with E-state index in [1.165, 1.54) is 0 Å². The Kier molecular flexibility index (Phi) is 4.26. The molecule has 0 amide bonds. The van der Waals surface area contributed by atoms with Gasteiger partial charge in [0.2, 0.25) is 5.90 Å². The summed E-state index contributed by atoms with van der Waals surface area (Å²) in [5.74, 6) is -0.193. The van der Waals surface area contributed by atoms with Gasteiger partial charge in [0.1, 0.15) is 5.15 Å². The Labute approximate surface area is 172 Å². The number of cyclic esters (lactones) is 1. The Morgan fingerprint density at radius 1 is 0.862 bits per heavy atom. The van der Waals surface area contributed by atoms with Crippen molar-refractivity contribution in [2.75, 3.05) is 0 Å². The van der Waals surface area contributed by atoms with Crippen LogP contribution in [0.15, 0.2) is 95.6 Å². The monoisotopic (exact) mass is 398 g/mol. The second-order valence-corrected chi connectivity index (χ2v) is 6.95. The molecular weight excluding hydrogens is 384 g/mol. The van der Waals surface area contributed by atoms with Crippen LogP contribution in [0.5, 0.6) is 0 Å². The minimum Gasteiger partial charge on any atom is -0.402 e. The molecule has 140 valence electrons. The third kappa shape index (κ3) is 3.04. The fourth-order valence-electron chi connectivity index (χ4n) is 3.45. The van der Waals surface area contributed by atoms with Crippen molar-refractivity contribution >= 4 is 40.4 Å². The number of hydrogen-bond acceptors (Lipinski definition) is 3. The number of carbonyl (C=O) groups is 1. The summed E-state index contributed by atoms with van der Waals surface area (Å²) >= 11 is 6.78. The quantitative estimate of drug-likeness (QED) is 0.331. The highest BCUT2D eigenvalue weighted by Gasteiger charge is 2.25. The van der Waals surface area contributed by atoms with Gasteiger partial charge >= 0.3 is 5.97 Å². The average molecular weight is 399 g/mol. The largest absolute Gasteiger partial charge is 0.402 e. The van der Waals surface area contributed by atoms with Gasteiger partial charge in [-0.1, -0.05) is 66.2 Å². The number of benzene rings is 3. The van der Waals surface area contributed by atoms with Crippen molar-refractivity contribution < 1.29 is 9.53 Å². The normalized spacial score (nSPS) is 15.0. The molecule has 0 spiro atoms. The molecule has 1 aliphatic rings. The van der Waals surface area contributed by atoms with Gasteiger partial charge in [-0.15, -0.1) is 0 Å². The fraction of sp³-hybridized carbons (Fsp3) is 0. The summed E-state index contributed by atoms with van der Waals surface area (Å²) in [6.45, 7) is 0. The highest BCUT2D eigenvalue weighted by atomic mass is 35.5. The van der Waals surface area contributed by atoms with Gasteiger partial charge in [-0.3, -0.25) is 4.57 Å². The Bertz CT molecular complexity index is 1290. The Morgan fingerprint density at radius 3 is 2.28 bits per heavy atom. The summed E-state index contributed by atoms with van der Waals surface area (Å²) in [5, 5.41) is 1.45. The predicted octanol–water partition coefficient (Wildman–Crippen LogP) is 5.63. The van der Waals surface area contributed by atoms with Crippen LogP contribution in [0.3, 0.4) is 0 Å². The molecule has 0 radical (unpaired) electrons. The number of aliphatic imine (C=N–C) groups is 1. The lowest BCUT2D eigenvalue weighted by Gasteiger charge is -2.06. The van der Waals surface area contributed by atoms with Gasteiger partial charge in [0.25, 0.3) is 0 Å². The van der Waals surface area contributed by atoms with E-state index >= 15 is 0 Å². The summed E-state index contributed by atoms with van der Waals surface area (Å²) in [6.07, 6.45) is 1.70. The van der Waals surface area contributed by atoms with E-state index in [1.54, 1.807) is 6.08 Å². The Hall–Kier alpha value is -3.63. The zero-order valence-electron chi connectivity index (χ0n) is 15.2. The smallest absolute Gasteiger partial charge is 0.363 e. The maximum atomic E-state index is 12.4. The lowest BCUT2D eigenvalue weighted by molar-refractivity contribution is -0.129. The first-order valence-electron chi connectivity index (χ1n) is 9.15. The van der Waals surface area contributed by atoms with Gasteiger partial charge in [-0.25, -0.2) is 9.79 Å². The molecule has 0 unspecified atom stereocenters. The van der Waals surface area contributed by atoms with Gasteiger partial charge < -0.3 is 4.74 Å². The maximum Gasteiger partial charge on any atom is 0.363 e. The fourth-order valence-corrected chi connectivity index (χ4v) is 3.80. The van der Waals surface area contributed by atoms with Crippen molar-refractivity contribution in [3.8, 4) is 5.69 Å². The summed E-state index contributed by atoms with van der Waals surface area (Å²) in [4.78, 5) is 16.8. The zero-order valence-corrected chi connectivity index (χ0v) is 16.0. The van der Waals surface area contributed by atoms with Crippen molar-refractivity contribution in [3.05, 3.63) is 107 Å². The number of aromatic nitrogens is 1. The summed E-state index contributed by atoms with van der Waals surface area (Å²) in [7, 11) is 0. The first kappa shape index (κ1) is 17.5. The first-order valence-corrected chi connectivity index (χ1v) is 9.52. The van der Waals surface area contributed by atoms with E-state index in [4.69, 9.17) is 16.3 Å². The second kappa shape index (κ2) is 7.08. The average Bonchev–Trinajstić information content (AvgIpc) is 3.27. The van der Waals surface area contributed by atoms with E-state index in [9.17, 15) is 4.79 Å². The summed E-state index contributed by atoms with van der Waals surface area (Å²) in [6, 6.07) is 27.1. The molecule has 29 heavy (non-hydrogen) atoms. The number of esters is 1. The van der Waals surface area contributed by atoms with Crippen molar-refractivity contribution in [3.63, 3.8) is 0 Å². The van der Waals surface area contributed by atoms with E-state index in [2.05, 4.69) is 4.99 Å². The minimum atomic E-state index is -0.489. The summed E-state index contributed by atoms with van der Waals surface area (Å²) in [5.41, 5.74) is 3.61. The number of rotatable bonds is 3. The molecule has 0 N–H and O–H groups in total. The van der Waals surface area contributed by atoms with Crippen LogP contribution in [0.2, 0.25) is 5.15 Å². The molecule has 1 aromatic heterocycles. The van der Waals surface area contributed by atoms with Crippen LogP contribution in [0.1, 0.15) is 11.1 Å². The number of para-hydroxylation sites is 2. The number of halogens is 1. The molecule has 4 nitrogen and oxygen atoms in total. The molecule has 0 bridgehead atoms. The lowest BCUT2D eigenvalue weighted by atomic mass is 10.1. The number of ether oxygens (including phenoxy) is 1. The lowest BCUT2D eigenvalue weighted by Crippen LogP contribution is -2.04. The van der Waals surface area contributed by atoms with E-state index in [1.807, 2.05) is 89.5 Å². The Balaban J connectivity index is 1.68. The van der Waals surface area contributed by atoms with Crippen LogP contribution < -0.4 is 0 Å². The Morgan fingerprint density at radius 2 is 1.52 bits per heavy atom. The number of fused-ring (bicyclic) bond motifs is 1. The molecule has 1 aliphatic heterocycles. The molecule has 0 fully saturated rings. The molecule has 0 saturated carbocycles. The van der Waals surface area contributed by atoms with Crippen LogP contribution >= 0.6 is 11.6 Å². The molecule has 3 aromatic carbocycles. The van der Waals surface area contributed by atoms with Gasteiger partial charge in [0, 0.05) is 22.2 Å². The van der Waals surface area contributed by atoms with Crippen LogP contribution in [0, 0.1) is 0 Å². The highest BCUT2D eigenvalue weighted by Crippen LogP contribution is 2.35. The van der Waals surface area contributed by atoms with Gasteiger partial charge in [-0.2, -0.15) is 0 Å². The van der Waals surface area contributed by atoms with Crippen molar-refractivity contribution in [1.82, 2.24) is 4.57 Å². The predicted molar refractivity (Wildman–Crippen MR) is 115 cm³/mol. The molecule has 2 heterocycles. The molecule has 0 aliphatic carbocycles. The first-order chi connectivity index (χ1) is 14.2. The molecule has 5 rings (SSSR count). The van der Waals surface area contributed by atoms with E-state index in [-0.39, 0.29) is 5.70 Å². The van der Waals surface area contributed by atoms with Crippen LogP contribution in [-0.4, -0.2) is 16.4 Å². The van der Waals surface area contributed by atoms with Gasteiger partial charge in [0.15, 0.2) is 5.70 Å². The van der Waals surface area contributed by atoms with Crippen molar-refractivity contribution in [1.29, 1.82) is 0 Å². The van der Waals surface area contributed by atoms with E-state index < -0.39 is 5.97 Å². The minimum absolute atomic E-state index is 0.224. The summed E-state index contributed by atoms with van der Waals surface area (Å²) < 4.78 is 7.33. The van der Waals surface area contributed by atoms with Crippen molar-refractivity contribution in [2.45, 2.75) is 0 Å². The standard InChI is InChI=1S/C24H15ClN2O2/c25-22-19(15-20-24(28)29-23(26-20)16-9-3-1-4-10-16)18-13-7-8-14-21(18)27(22)17-11-5-2-6-12-17/h1-15H/b20-15+. The molecular formula is C24H15ClN2O2. The number of nitrogens with zero attached hydrogens (tertiary/aromatic N) is 2. The van der Waals surface area contributed by atoms with Crippen LogP contribution in [-0.2, 0) is 9.53 Å². The van der Waals surface area contributed by atoms with Crippen LogP contribution in [0.25, 0.3) is 22.7 Å². The van der Waals surface area contributed by atoms with E-state index in [0.29, 0.717) is 11.1 Å². The molecule has 0 atom stereocenters. The molecule has 0 saturated heterocycles. The van der Waals surface area contributed by atoms with E-state index in [0.717, 1.165) is 27.7 Å². The van der Waals surface area contributed by atoms with Crippen molar-refractivity contribution in [2.24, 2.45) is 4.99 Å². The maximum absolute atomic E-state index is 12.4. The highest BCUT2D eigenvalue weighted by molar-refractivity contribution is 6.33. The topological polar surface area (TPSA) is 43.6 Å². The number of hydrogen-bond donors (Lipinski definition) is 0. The second-order valence-electron chi connectivity index (χ2n) is 6.59. The van der Waals surface area contributed by atoms with Gasteiger partial charge in [-0.05, 0) is 36.4 Å². The van der Waals surface area contributed by atoms with Gasteiger partial charge in [0.05, 0.1) is 5.52 Å². The number of carbonyl (C=O) groups excluding carboxylic acids is 1. The molecule has 5 heteroatoms. The molecule has 4 aromatic rings. The van der Waals surface area contributed by atoms with Crippen LogP contribution in [0.4, 0.5) is 0 Å². The SMILES string of the molecule is O=C1OC(c2ccccc2)=N/C1=C/c1c(Cl)n(-c2ccccc2)c2ccccc12.